The molecule has 0 bridgehead atoms. The Balaban J connectivity index is 1.77. The van der Waals surface area contributed by atoms with Crippen molar-refractivity contribution < 1.29 is 0 Å². The fourth-order valence-electron chi connectivity index (χ4n) is 3.11. The molecule has 108 valence electrons. The molecular formula is C16H24N4. The number of piperidine rings is 1. The molecular weight excluding hydrogens is 248 g/mol. The maximum atomic E-state index is 5.84. The summed E-state index contributed by atoms with van der Waals surface area (Å²) >= 11 is 0. The standard InChI is InChI=1S/C16H24N4/c1-12-3-6-16-18-15(11-20(16)8-12)10-19-9-14(7-17)5-4-13(19)2/h3,6,8,11,13-14H,4-5,7,9-10,17H2,1-2H3. The van der Waals surface area contributed by atoms with Gasteiger partial charge in [0.2, 0.25) is 0 Å². The lowest BCUT2D eigenvalue weighted by atomic mass is 9.93. The van der Waals surface area contributed by atoms with Gasteiger partial charge in [0, 0.05) is 31.5 Å². The highest BCUT2D eigenvalue weighted by Gasteiger charge is 2.25. The summed E-state index contributed by atoms with van der Waals surface area (Å²) in [7, 11) is 0. The molecule has 2 N–H and O–H groups in total. The van der Waals surface area contributed by atoms with Crippen LogP contribution >= 0.6 is 0 Å². The maximum Gasteiger partial charge on any atom is 0.137 e. The number of rotatable bonds is 3. The molecule has 1 saturated heterocycles. The van der Waals surface area contributed by atoms with Crippen LogP contribution in [0.1, 0.15) is 31.0 Å². The van der Waals surface area contributed by atoms with Crippen molar-refractivity contribution in [2.75, 3.05) is 13.1 Å². The van der Waals surface area contributed by atoms with Gasteiger partial charge in [-0.05, 0) is 50.8 Å². The Morgan fingerprint density at radius 3 is 2.95 bits per heavy atom. The van der Waals surface area contributed by atoms with Gasteiger partial charge < -0.3 is 10.1 Å². The van der Waals surface area contributed by atoms with Crippen molar-refractivity contribution in [2.45, 2.75) is 39.3 Å². The molecule has 2 atom stereocenters. The SMILES string of the molecule is Cc1ccc2nc(CN3CC(CN)CCC3C)cn2c1. The van der Waals surface area contributed by atoms with Crippen LogP contribution in [0.25, 0.3) is 5.65 Å². The molecule has 0 radical (unpaired) electrons. The van der Waals surface area contributed by atoms with E-state index in [1.54, 1.807) is 0 Å². The van der Waals surface area contributed by atoms with E-state index in [0.29, 0.717) is 12.0 Å². The third kappa shape index (κ3) is 2.72. The fraction of sp³-hybridized carbons (Fsp3) is 0.562. The first-order valence-corrected chi connectivity index (χ1v) is 7.54. The molecule has 4 heteroatoms. The van der Waals surface area contributed by atoms with Crippen LogP contribution in [0.3, 0.4) is 0 Å². The van der Waals surface area contributed by atoms with Crippen LogP contribution in [0.2, 0.25) is 0 Å². The van der Waals surface area contributed by atoms with Gasteiger partial charge >= 0.3 is 0 Å². The summed E-state index contributed by atoms with van der Waals surface area (Å²) in [6.07, 6.45) is 6.79. The Morgan fingerprint density at radius 2 is 2.15 bits per heavy atom. The van der Waals surface area contributed by atoms with Crippen molar-refractivity contribution in [3.63, 3.8) is 0 Å². The highest BCUT2D eigenvalue weighted by Crippen LogP contribution is 2.23. The van der Waals surface area contributed by atoms with E-state index in [-0.39, 0.29) is 0 Å². The molecule has 2 aromatic heterocycles. The number of fused-ring (bicyclic) bond motifs is 1. The maximum absolute atomic E-state index is 5.84. The van der Waals surface area contributed by atoms with E-state index < -0.39 is 0 Å². The number of nitrogens with two attached hydrogens (primary N) is 1. The molecule has 1 aliphatic heterocycles. The van der Waals surface area contributed by atoms with E-state index in [4.69, 9.17) is 10.7 Å². The summed E-state index contributed by atoms with van der Waals surface area (Å²) in [5.74, 6) is 0.644. The third-order valence-corrected chi connectivity index (χ3v) is 4.46. The third-order valence-electron chi connectivity index (χ3n) is 4.46. The molecule has 3 rings (SSSR count). The average molecular weight is 272 g/mol. The summed E-state index contributed by atoms with van der Waals surface area (Å²) in [4.78, 5) is 7.25. The molecule has 0 aliphatic carbocycles. The zero-order valence-corrected chi connectivity index (χ0v) is 12.4. The number of likely N-dealkylation sites (tertiary alicyclic amines) is 1. The van der Waals surface area contributed by atoms with E-state index in [1.807, 2.05) is 0 Å². The van der Waals surface area contributed by atoms with E-state index in [2.05, 4.69) is 47.7 Å². The van der Waals surface area contributed by atoms with Crippen LogP contribution in [-0.2, 0) is 6.54 Å². The fourth-order valence-corrected chi connectivity index (χ4v) is 3.11. The van der Waals surface area contributed by atoms with Gasteiger partial charge in [0.05, 0.1) is 5.69 Å². The second kappa shape index (κ2) is 5.54. The molecule has 20 heavy (non-hydrogen) atoms. The average Bonchev–Trinajstić information content (AvgIpc) is 2.82. The Labute approximate surface area is 120 Å². The lowest BCUT2D eigenvalue weighted by Gasteiger charge is -2.37. The molecule has 2 aromatic rings. The van der Waals surface area contributed by atoms with E-state index in [0.717, 1.165) is 31.0 Å². The van der Waals surface area contributed by atoms with Crippen LogP contribution in [0.4, 0.5) is 0 Å². The predicted octanol–water partition coefficient (Wildman–Crippen LogP) is 2.20. The zero-order valence-electron chi connectivity index (χ0n) is 12.4. The van der Waals surface area contributed by atoms with Crippen LogP contribution in [0, 0.1) is 12.8 Å². The lowest BCUT2D eigenvalue weighted by molar-refractivity contribution is 0.112. The second-order valence-corrected chi connectivity index (χ2v) is 6.16. The number of aromatic nitrogens is 2. The first-order chi connectivity index (χ1) is 9.65. The molecule has 3 heterocycles. The second-order valence-electron chi connectivity index (χ2n) is 6.16. The number of hydrogen-bond donors (Lipinski definition) is 1. The van der Waals surface area contributed by atoms with E-state index in [9.17, 15) is 0 Å². The number of pyridine rings is 1. The van der Waals surface area contributed by atoms with Gasteiger partial charge in [0.1, 0.15) is 5.65 Å². The zero-order chi connectivity index (χ0) is 14.1. The molecule has 0 spiro atoms. The first kappa shape index (κ1) is 13.6. The Kier molecular flexibility index (Phi) is 3.76. The van der Waals surface area contributed by atoms with Gasteiger partial charge in [0.25, 0.3) is 0 Å². The minimum absolute atomic E-state index is 0.629. The molecule has 1 aliphatic rings. The Hall–Kier alpha value is -1.39. The van der Waals surface area contributed by atoms with Gasteiger partial charge in [-0.15, -0.1) is 0 Å². The summed E-state index contributed by atoms with van der Waals surface area (Å²) in [6, 6.07) is 4.82. The molecule has 0 aromatic carbocycles. The molecule has 0 saturated carbocycles. The molecule has 4 nitrogen and oxygen atoms in total. The van der Waals surface area contributed by atoms with Crippen molar-refractivity contribution in [3.8, 4) is 0 Å². The summed E-state index contributed by atoms with van der Waals surface area (Å²) in [5.41, 5.74) is 9.28. The summed E-state index contributed by atoms with van der Waals surface area (Å²) in [6.45, 7) is 7.25. The van der Waals surface area contributed by atoms with Crippen molar-refractivity contribution >= 4 is 5.65 Å². The molecule has 0 amide bonds. The van der Waals surface area contributed by atoms with Crippen LogP contribution in [-0.4, -0.2) is 33.4 Å². The van der Waals surface area contributed by atoms with Gasteiger partial charge in [-0.3, -0.25) is 4.90 Å². The van der Waals surface area contributed by atoms with Gasteiger partial charge in [-0.25, -0.2) is 4.98 Å². The number of nitrogens with zero attached hydrogens (tertiary/aromatic N) is 3. The van der Waals surface area contributed by atoms with Gasteiger partial charge in [0.15, 0.2) is 0 Å². The first-order valence-electron chi connectivity index (χ1n) is 7.54. The van der Waals surface area contributed by atoms with Gasteiger partial charge in [-0.1, -0.05) is 6.07 Å². The topological polar surface area (TPSA) is 46.6 Å². The minimum atomic E-state index is 0.629. The van der Waals surface area contributed by atoms with E-state index in [1.165, 1.54) is 18.4 Å². The highest BCUT2D eigenvalue weighted by atomic mass is 15.2. The van der Waals surface area contributed by atoms with Crippen molar-refractivity contribution in [3.05, 3.63) is 35.8 Å². The summed E-state index contributed by atoms with van der Waals surface area (Å²) < 4.78 is 2.12. The number of aryl methyl sites for hydroxylation is 1. The minimum Gasteiger partial charge on any atom is -0.330 e. The molecule has 1 fully saturated rings. The monoisotopic (exact) mass is 272 g/mol. The van der Waals surface area contributed by atoms with Crippen LogP contribution in [0.5, 0.6) is 0 Å². The van der Waals surface area contributed by atoms with Crippen molar-refractivity contribution in [2.24, 2.45) is 11.7 Å². The lowest BCUT2D eigenvalue weighted by Crippen LogP contribution is -2.43. The highest BCUT2D eigenvalue weighted by molar-refractivity contribution is 5.41. The van der Waals surface area contributed by atoms with Crippen molar-refractivity contribution in [1.29, 1.82) is 0 Å². The van der Waals surface area contributed by atoms with Crippen LogP contribution in [0.15, 0.2) is 24.5 Å². The number of imidazole rings is 1. The molecule has 2 unspecified atom stereocenters. The van der Waals surface area contributed by atoms with Crippen LogP contribution < -0.4 is 5.73 Å². The normalized spacial score (nSPS) is 24.4. The van der Waals surface area contributed by atoms with Crippen molar-refractivity contribution in [1.82, 2.24) is 14.3 Å². The Morgan fingerprint density at radius 1 is 1.30 bits per heavy atom. The largest absolute Gasteiger partial charge is 0.330 e. The number of hydrogen-bond acceptors (Lipinski definition) is 3. The quantitative estimate of drug-likeness (QED) is 0.932. The van der Waals surface area contributed by atoms with Gasteiger partial charge in [-0.2, -0.15) is 0 Å². The predicted molar refractivity (Wildman–Crippen MR) is 81.6 cm³/mol. The Bertz CT molecular complexity index is 589. The summed E-state index contributed by atoms with van der Waals surface area (Å²) in [5, 5.41) is 0. The van der Waals surface area contributed by atoms with E-state index >= 15 is 0 Å². The smallest absolute Gasteiger partial charge is 0.137 e.